The summed E-state index contributed by atoms with van der Waals surface area (Å²) in [7, 11) is 0. The van der Waals surface area contributed by atoms with Gasteiger partial charge in [0.1, 0.15) is 0 Å². The monoisotopic (exact) mass is 252 g/mol. The fourth-order valence-electron chi connectivity index (χ4n) is 1.32. The molecule has 1 aliphatic rings. The Bertz CT molecular complexity index is 70.7. The Balaban J connectivity index is 0.00000196. The first-order valence-corrected chi connectivity index (χ1v) is 5.53. The molecule has 0 aliphatic carbocycles. The molecule has 0 aromatic heterocycles. The molecule has 1 rings (SSSR count). The minimum atomic E-state index is 0. The van der Waals surface area contributed by atoms with Gasteiger partial charge < -0.3 is 21.3 Å². The molecule has 5 heteroatoms. The summed E-state index contributed by atoms with van der Waals surface area (Å²) >= 11 is 0. The van der Waals surface area contributed by atoms with Crippen LogP contribution in [0, 0.1) is 0 Å². The fourth-order valence-corrected chi connectivity index (χ4v) is 1.32. The largest absolute Gasteiger partial charge is 3.00 e. The normalized spacial score (nSPS) is 22.4. The van der Waals surface area contributed by atoms with Crippen LogP contribution in [0.3, 0.4) is 0 Å². The van der Waals surface area contributed by atoms with E-state index in [1.807, 2.05) is 0 Å². The minimum Gasteiger partial charge on any atom is -0.664 e. The van der Waals surface area contributed by atoms with Crippen molar-refractivity contribution in [2.75, 3.05) is 52.4 Å². The van der Waals surface area contributed by atoms with Crippen molar-refractivity contribution in [2.45, 2.75) is 12.8 Å². The first kappa shape index (κ1) is 15.4. The molecule has 1 radical (unpaired) electrons. The SMILES string of the molecule is C1C[N-]CC[N-]CCC[N-]CC[N-]C1.[Fe+3]. The van der Waals surface area contributed by atoms with Crippen molar-refractivity contribution in [3.63, 3.8) is 0 Å². The smallest absolute Gasteiger partial charge is 0.664 e. The van der Waals surface area contributed by atoms with Crippen molar-refractivity contribution in [3.8, 4) is 0 Å². The second-order valence-electron chi connectivity index (χ2n) is 3.39. The molecule has 0 saturated carbocycles. The van der Waals surface area contributed by atoms with Crippen molar-refractivity contribution in [2.24, 2.45) is 0 Å². The molecule has 0 aromatic carbocycles. The van der Waals surface area contributed by atoms with E-state index in [1.54, 1.807) is 0 Å². The van der Waals surface area contributed by atoms with Gasteiger partial charge in [0.05, 0.1) is 0 Å². The van der Waals surface area contributed by atoms with Crippen LogP contribution in [0.1, 0.15) is 12.8 Å². The van der Waals surface area contributed by atoms with Gasteiger partial charge in [0.25, 0.3) is 0 Å². The van der Waals surface area contributed by atoms with Crippen LogP contribution in [-0.2, 0) is 17.1 Å². The first-order valence-electron chi connectivity index (χ1n) is 5.53. The van der Waals surface area contributed by atoms with Gasteiger partial charge in [-0.1, -0.05) is 12.8 Å². The van der Waals surface area contributed by atoms with Crippen molar-refractivity contribution < 1.29 is 17.1 Å². The van der Waals surface area contributed by atoms with Gasteiger partial charge in [0.15, 0.2) is 0 Å². The van der Waals surface area contributed by atoms with E-state index in [-0.39, 0.29) is 17.1 Å². The van der Waals surface area contributed by atoms with Crippen LogP contribution in [0.5, 0.6) is 0 Å². The molecule has 4 nitrogen and oxygen atoms in total. The number of hydrogen-bond donors (Lipinski definition) is 0. The first-order chi connectivity index (χ1) is 7.00. The van der Waals surface area contributed by atoms with E-state index < -0.39 is 0 Å². The second kappa shape index (κ2) is 12.4. The van der Waals surface area contributed by atoms with Gasteiger partial charge in [0, 0.05) is 0 Å². The van der Waals surface area contributed by atoms with Gasteiger partial charge in [0.2, 0.25) is 0 Å². The Morgan fingerprint density at radius 2 is 0.667 bits per heavy atom. The average Bonchev–Trinajstić information content (AvgIpc) is 2.22. The molecular weight excluding hydrogens is 232 g/mol. The van der Waals surface area contributed by atoms with Gasteiger partial charge >= 0.3 is 17.1 Å². The predicted octanol–water partition coefficient (Wildman–Crippen LogP) is 2.27. The van der Waals surface area contributed by atoms with E-state index >= 15 is 0 Å². The molecule has 1 aliphatic heterocycles. The third-order valence-electron chi connectivity index (χ3n) is 2.10. The summed E-state index contributed by atoms with van der Waals surface area (Å²) in [6.07, 6.45) is 2.17. The Kier molecular flexibility index (Phi) is 12.7. The van der Waals surface area contributed by atoms with Gasteiger partial charge in [-0.2, -0.15) is 52.4 Å². The maximum absolute atomic E-state index is 4.38. The fraction of sp³-hybridized carbons (Fsp3) is 1.00. The summed E-state index contributed by atoms with van der Waals surface area (Å²) in [5.74, 6) is 0. The molecule has 0 aromatic rings. The van der Waals surface area contributed by atoms with Gasteiger partial charge in [-0.25, -0.2) is 0 Å². The average molecular weight is 252 g/mol. The van der Waals surface area contributed by atoms with E-state index in [0.29, 0.717) is 0 Å². The molecule has 0 spiro atoms. The van der Waals surface area contributed by atoms with E-state index in [1.165, 1.54) is 0 Å². The molecule has 1 heterocycles. The van der Waals surface area contributed by atoms with Crippen LogP contribution in [0.15, 0.2) is 0 Å². The quantitative estimate of drug-likeness (QED) is 0.594. The molecule has 0 atom stereocenters. The van der Waals surface area contributed by atoms with Crippen LogP contribution in [0.4, 0.5) is 0 Å². The molecule has 0 amide bonds. The molecule has 0 unspecified atom stereocenters. The molecule has 0 N–H and O–H groups in total. The summed E-state index contributed by atoms with van der Waals surface area (Å²) in [6.45, 7) is 7.31. The Hall–Kier alpha value is 0.359. The summed E-state index contributed by atoms with van der Waals surface area (Å²) < 4.78 is 0. The van der Waals surface area contributed by atoms with Gasteiger partial charge in [-0.3, -0.25) is 0 Å². The summed E-state index contributed by atoms with van der Waals surface area (Å²) in [6, 6.07) is 0. The minimum absolute atomic E-state index is 0. The number of rotatable bonds is 0. The van der Waals surface area contributed by atoms with E-state index in [4.69, 9.17) is 0 Å². The van der Waals surface area contributed by atoms with Crippen LogP contribution in [0.2, 0.25) is 0 Å². The predicted molar refractivity (Wildman–Crippen MR) is 61.6 cm³/mol. The van der Waals surface area contributed by atoms with Crippen molar-refractivity contribution in [3.05, 3.63) is 21.3 Å². The Morgan fingerprint density at radius 3 is 0.933 bits per heavy atom. The number of nitrogens with zero attached hydrogens (tertiary/aromatic N) is 4. The van der Waals surface area contributed by atoms with Crippen LogP contribution >= 0.6 is 0 Å². The zero-order valence-electron chi connectivity index (χ0n) is 9.21. The van der Waals surface area contributed by atoms with Crippen LogP contribution in [0.25, 0.3) is 21.3 Å². The topological polar surface area (TPSA) is 56.4 Å². The molecule has 0 bridgehead atoms. The molecule has 15 heavy (non-hydrogen) atoms. The Morgan fingerprint density at radius 1 is 0.400 bits per heavy atom. The summed E-state index contributed by atoms with van der Waals surface area (Å²) in [5.41, 5.74) is 0. The molecular formula is C10H20FeN4-. The maximum Gasteiger partial charge on any atom is 3.00 e. The molecule has 89 valence electrons. The van der Waals surface area contributed by atoms with Crippen molar-refractivity contribution >= 4 is 0 Å². The van der Waals surface area contributed by atoms with Crippen molar-refractivity contribution in [1.82, 2.24) is 0 Å². The van der Waals surface area contributed by atoms with E-state index in [0.717, 1.165) is 65.2 Å². The van der Waals surface area contributed by atoms with Crippen LogP contribution in [-0.4, -0.2) is 52.4 Å². The van der Waals surface area contributed by atoms with E-state index in [2.05, 4.69) is 21.3 Å². The summed E-state index contributed by atoms with van der Waals surface area (Å²) in [5, 5.41) is 17.5. The third-order valence-corrected chi connectivity index (χ3v) is 2.10. The third kappa shape index (κ3) is 10.6. The van der Waals surface area contributed by atoms with Crippen LogP contribution < -0.4 is 0 Å². The molecule has 1 saturated heterocycles. The number of hydrogen-bond acceptors (Lipinski definition) is 0. The Labute approximate surface area is 104 Å². The second-order valence-corrected chi connectivity index (χ2v) is 3.39. The van der Waals surface area contributed by atoms with E-state index in [9.17, 15) is 0 Å². The zero-order valence-corrected chi connectivity index (χ0v) is 10.3. The zero-order chi connectivity index (χ0) is 9.90. The standard InChI is InChI=1S/C10H20N4.Fe/c1-3-11-7-9-13-5-2-6-14-10-8-12-4-1;/h1-10H2;/q-4;+3. The van der Waals surface area contributed by atoms with Gasteiger partial charge in [-0.15, -0.1) is 0 Å². The summed E-state index contributed by atoms with van der Waals surface area (Å²) in [4.78, 5) is 0. The molecule has 1 fully saturated rings. The van der Waals surface area contributed by atoms with Crippen molar-refractivity contribution in [1.29, 1.82) is 0 Å². The van der Waals surface area contributed by atoms with Gasteiger partial charge in [-0.05, 0) is 0 Å². The maximum atomic E-state index is 4.38.